The smallest absolute Gasteiger partial charge is 0.207 e. The second kappa shape index (κ2) is 5.08. The first-order valence-corrected chi connectivity index (χ1v) is 8.43. The van der Waals surface area contributed by atoms with Crippen molar-refractivity contribution in [2.45, 2.75) is 43.4 Å². The van der Waals surface area contributed by atoms with Crippen LogP contribution in [0.3, 0.4) is 0 Å². The van der Waals surface area contributed by atoms with Crippen LogP contribution in [0.4, 0.5) is 0 Å². The Morgan fingerprint density at radius 1 is 1.35 bits per heavy atom. The van der Waals surface area contributed by atoms with Crippen molar-refractivity contribution >= 4 is 21.4 Å². The van der Waals surface area contributed by atoms with Crippen LogP contribution in [0, 0.1) is 11.8 Å². The third-order valence-corrected chi connectivity index (χ3v) is 6.66. The van der Waals surface area contributed by atoms with Gasteiger partial charge < -0.3 is 0 Å². The van der Waals surface area contributed by atoms with Crippen molar-refractivity contribution in [1.82, 2.24) is 4.72 Å². The highest BCUT2D eigenvalue weighted by Crippen LogP contribution is 2.30. The molecule has 1 aromatic heterocycles. The number of nitrogens with one attached hydrogen (secondary N) is 1. The second-order valence-corrected chi connectivity index (χ2v) is 7.82. The van der Waals surface area contributed by atoms with Gasteiger partial charge in [0.1, 0.15) is 4.21 Å². The zero-order valence-electron chi connectivity index (χ0n) is 10.2. The van der Waals surface area contributed by atoms with E-state index in [4.69, 9.17) is 0 Å². The molecule has 2 rings (SSSR count). The van der Waals surface area contributed by atoms with Gasteiger partial charge in [-0.3, -0.25) is 0 Å². The van der Waals surface area contributed by atoms with Gasteiger partial charge in [0, 0.05) is 6.04 Å². The second-order valence-electron chi connectivity index (χ2n) is 4.93. The summed E-state index contributed by atoms with van der Waals surface area (Å²) in [5.74, 6) is 1.01. The quantitative estimate of drug-likeness (QED) is 0.920. The predicted octanol–water partition coefficient (Wildman–Crippen LogP) is 2.85. The highest BCUT2D eigenvalue weighted by atomic mass is 32.2. The fraction of sp³-hybridized carbons (Fsp3) is 0.667. The van der Waals surface area contributed by atoms with E-state index in [1.165, 1.54) is 17.8 Å². The Kier molecular flexibility index (Phi) is 3.90. The molecule has 17 heavy (non-hydrogen) atoms. The molecule has 3 atom stereocenters. The minimum Gasteiger partial charge on any atom is -0.207 e. The Morgan fingerprint density at radius 3 is 2.76 bits per heavy atom. The van der Waals surface area contributed by atoms with E-state index in [1.54, 1.807) is 17.5 Å². The Labute approximate surface area is 107 Å². The Balaban J connectivity index is 2.11. The lowest BCUT2D eigenvalue weighted by molar-refractivity contribution is 0.227. The lowest BCUT2D eigenvalue weighted by Crippen LogP contribution is -2.43. The van der Waals surface area contributed by atoms with Gasteiger partial charge in [-0.15, -0.1) is 11.3 Å². The third kappa shape index (κ3) is 2.89. The average Bonchev–Trinajstić information content (AvgIpc) is 2.78. The summed E-state index contributed by atoms with van der Waals surface area (Å²) in [5.41, 5.74) is 0. The molecule has 0 aromatic carbocycles. The van der Waals surface area contributed by atoms with Crippen LogP contribution in [0.5, 0.6) is 0 Å². The molecular weight excluding hydrogens is 254 g/mol. The molecule has 1 aliphatic carbocycles. The van der Waals surface area contributed by atoms with E-state index >= 15 is 0 Å². The summed E-state index contributed by atoms with van der Waals surface area (Å²) in [6.07, 6.45) is 3.28. The van der Waals surface area contributed by atoms with Crippen LogP contribution in [-0.4, -0.2) is 14.5 Å². The molecule has 0 amide bonds. The lowest BCUT2D eigenvalue weighted by Gasteiger charge is -2.34. The van der Waals surface area contributed by atoms with E-state index in [-0.39, 0.29) is 6.04 Å². The first kappa shape index (κ1) is 13.1. The fourth-order valence-corrected chi connectivity index (χ4v) is 4.79. The largest absolute Gasteiger partial charge is 0.250 e. The van der Waals surface area contributed by atoms with Crippen LogP contribution < -0.4 is 4.72 Å². The number of thiophene rings is 1. The first-order chi connectivity index (χ1) is 8.00. The molecule has 3 nitrogen and oxygen atoms in total. The van der Waals surface area contributed by atoms with Crippen LogP contribution in [-0.2, 0) is 10.0 Å². The molecule has 1 N–H and O–H groups in total. The van der Waals surface area contributed by atoms with Gasteiger partial charge in [0.05, 0.1) is 0 Å². The maximum absolute atomic E-state index is 12.1. The van der Waals surface area contributed by atoms with E-state index < -0.39 is 10.0 Å². The van der Waals surface area contributed by atoms with Crippen molar-refractivity contribution in [3.05, 3.63) is 17.5 Å². The number of hydrogen-bond acceptors (Lipinski definition) is 3. The normalized spacial score (nSPS) is 30.4. The molecule has 0 bridgehead atoms. The van der Waals surface area contributed by atoms with Crippen molar-refractivity contribution < 1.29 is 8.42 Å². The van der Waals surface area contributed by atoms with Gasteiger partial charge in [0.2, 0.25) is 10.0 Å². The van der Waals surface area contributed by atoms with Gasteiger partial charge in [-0.2, -0.15) is 0 Å². The maximum atomic E-state index is 12.1. The van der Waals surface area contributed by atoms with E-state index in [0.29, 0.717) is 16.0 Å². The van der Waals surface area contributed by atoms with Crippen LogP contribution in [0.2, 0.25) is 0 Å². The molecule has 5 heteroatoms. The standard InChI is InChI=1S/C12H19NO2S2/c1-9-5-3-6-11(10(9)2)13-17(14,15)12-7-4-8-16-12/h4,7-11,13H,3,5-6H2,1-2H3/t9-,10-,11+/m1/s1. The monoisotopic (exact) mass is 273 g/mol. The summed E-state index contributed by atoms with van der Waals surface area (Å²) in [6, 6.07) is 3.52. The number of hydrogen-bond donors (Lipinski definition) is 1. The summed E-state index contributed by atoms with van der Waals surface area (Å²) in [6.45, 7) is 4.35. The molecule has 1 aliphatic rings. The van der Waals surface area contributed by atoms with Gasteiger partial charge >= 0.3 is 0 Å². The maximum Gasteiger partial charge on any atom is 0.250 e. The molecule has 0 radical (unpaired) electrons. The zero-order chi connectivity index (χ0) is 12.5. The number of rotatable bonds is 3. The fourth-order valence-electron chi connectivity index (χ4n) is 2.42. The van der Waals surface area contributed by atoms with E-state index in [2.05, 4.69) is 18.6 Å². The van der Waals surface area contributed by atoms with E-state index in [1.807, 2.05) is 0 Å². The molecule has 1 aromatic rings. The van der Waals surface area contributed by atoms with E-state index in [0.717, 1.165) is 12.8 Å². The summed E-state index contributed by atoms with van der Waals surface area (Å²) in [4.78, 5) is 0. The molecule has 1 fully saturated rings. The summed E-state index contributed by atoms with van der Waals surface area (Å²) < 4.78 is 27.5. The molecule has 0 spiro atoms. The molecule has 96 valence electrons. The van der Waals surface area contributed by atoms with Gasteiger partial charge in [0.25, 0.3) is 0 Å². The Bertz CT molecular complexity index is 453. The summed E-state index contributed by atoms with van der Waals surface area (Å²) in [7, 11) is -3.30. The van der Waals surface area contributed by atoms with Crippen LogP contribution in [0.25, 0.3) is 0 Å². The molecule has 0 aliphatic heterocycles. The molecule has 0 saturated heterocycles. The zero-order valence-corrected chi connectivity index (χ0v) is 11.9. The molecular formula is C12H19NO2S2. The van der Waals surface area contributed by atoms with Crippen molar-refractivity contribution in [2.24, 2.45) is 11.8 Å². The predicted molar refractivity (Wildman–Crippen MR) is 70.6 cm³/mol. The average molecular weight is 273 g/mol. The van der Waals surface area contributed by atoms with Crippen LogP contribution in [0.15, 0.2) is 21.7 Å². The highest BCUT2D eigenvalue weighted by Gasteiger charge is 2.30. The molecule has 0 unspecified atom stereocenters. The molecule has 1 heterocycles. The minimum atomic E-state index is -3.30. The van der Waals surface area contributed by atoms with Gasteiger partial charge in [-0.1, -0.05) is 32.8 Å². The lowest BCUT2D eigenvalue weighted by atomic mass is 9.78. The Hall–Kier alpha value is -0.390. The van der Waals surface area contributed by atoms with Gasteiger partial charge in [0.15, 0.2) is 0 Å². The topological polar surface area (TPSA) is 46.2 Å². The SMILES string of the molecule is C[C@@H]1[C@H](C)CCC[C@@H]1NS(=O)(=O)c1cccs1. The number of sulfonamides is 1. The van der Waals surface area contributed by atoms with E-state index in [9.17, 15) is 8.42 Å². The van der Waals surface area contributed by atoms with Crippen molar-refractivity contribution in [1.29, 1.82) is 0 Å². The first-order valence-electron chi connectivity index (χ1n) is 6.06. The van der Waals surface area contributed by atoms with Gasteiger partial charge in [-0.25, -0.2) is 13.1 Å². The van der Waals surface area contributed by atoms with Crippen molar-refractivity contribution in [2.75, 3.05) is 0 Å². The summed E-state index contributed by atoms with van der Waals surface area (Å²) in [5, 5.41) is 1.79. The Morgan fingerprint density at radius 2 is 2.12 bits per heavy atom. The van der Waals surface area contributed by atoms with Crippen LogP contribution >= 0.6 is 11.3 Å². The third-order valence-electron chi connectivity index (χ3n) is 3.77. The summed E-state index contributed by atoms with van der Waals surface area (Å²) >= 11 is 1.27. The minimum absolute atomic E-state index is 0.0887. The highest BCUT2D eigenvalue weighted by molar-refractivity contribution is 7.91. The van der Waals surface area contributed by atoms with Crippen LogP contribution in [0.1, 0.15) is 33.1 Å². The van der Waals surface area contributed by atoms with Gasteiger partial charge in [-0.05, 0) is 29.7 Å². The molecule has 1 saturated carbocycles. The van der Waals surface area contributed by atoms with Crippen molar-refractivity contribution in [3.8, 4) is 0 Å². The van der Waals surface area contributed by atoms with Crippen molar-refractivity contribution in [3.63, 3.8) is 0 Å².